The molecule has 0 saturated carbocycles. The molecule has 308 valence electrons. The quantitative estimate of drug-likeness (QED) is 0.190. The summed E-state index contributed by atoms with van der Waals surface area (Å²) in [6.07, 6.45) is 0.520. The van der Waals surface area contributed by atoms with Crippen LogP contribution in [0.1, 0.15) is 71.1 Å². The van der Waals surface area contributed by atoms with Gasteiger partial charge in [-0.05, 0) is 77.6 Å². The lowest BCUT2D eigenvalue weighted by Gasteiger charge is -2.42. The molecular formula is C41H47F2N7O7S. The number of benzene rings is 2. The van der Waals surface area contributed by atoms with E-state index < -0.39 is 35.0 Å². The van der Waals surface area contributed by atoms with Crippen LogP contribution in [-0.2, 0) is 32.2 Å². The summed E-state index contributed by atoms with van der Waals surface area (Å²) in [7, 11) is 1.68. The average Bonchev–Trinajstić information content (AvgIpc) is 3.81. The molecule has 1 N–H and O–H groups in total. The van der Waals surface area contributed by atoms with E-state index in [-0.39, 0.29) is 76.6 Å². The first-order valence-electron chi connectivity index (χ1n) is 19.5. The molecule has 2 aromatic carbocycles. The number of anilines is 2. The third kappa shape index (κ3) is 7.47. The van der Waals surface area contributed by atoms with Gasteiger partial charge < -0.3 is 33.5 Å². The third-order valence-electron chi connectivity index (χ3n) is 10.8. The molecule has 0 spiro atoms. The van der Waals surface area contributed by atoms with Crippen molar-refractivity contribution in [2.75, 3.05) is 56.7 Å². The summed E-state index contributed by atoms with van der Waals surface area (Å²) in [5, 5.41) is 13.8. The Kier molecular flexibility index (Phi) is 10.4. The number of thiophene rings is 1. The van der Waals surface area contributed by atoms with Gasteiger partial charge in [0.05, 0.1) is 30.3 Å². The number of aromatic nitrogens is 2. The van der Waals surface area contributed by atoms with Gasteiger partial charge in [0.25, 0.3) is 0 Å². The number of ether oxygens (including phenoxy) is 5. The number of halogens is 2. The molecule has 4 aliphatic rings. The van der Waals surface area contributed by atoms with Crippen molar-refractivity contribution in [3.05, 3.63) is 40.5 Å². The van der Waals surface area contributed by atoms with Crippen molar-refractivity contribution in [2.45, 2.75) is 97.0 Å². The number of nitriles is 1. The standard InChI is InChI=1S/C41H47F2N7O7S/c1-40(2,3)56-38(51)47-36-24(14-44)29-28(58-36)11-10-27(42)32(29)30-25-19-54-20-26(25)31-34(33(30)43)45-37(55-13-12-48-17-23(18-48)53-7)46-35(31)50-21-8-9-22(50)16-49(15-21)39(52)57-41(4,5)6/h10-11,21-23H,8-9,12-13,15-20H2,1-7H3,(H,47,51). The van der Waals surface area contributed by atoms with Gasteiger partial charge in [-0.1, -0.05) is 0 Å². The second kappa shape index (κ2) is 15.0. The minimum Gasteiger partial charge on any atom is -0.462 e. The summed E-state index contributed by atoms with van der Waals surface area (Å²) in [4.78, 5) is 41.7. The summed E-state index contributed by atoms with van der Waals surface area (Å²) < 4.78 is 63.4. The van der Waals surface area contributed by atoms with Crippen LogP contribution in [0.5, 0.6) is 6.01 Å². The maximum absolute atomic E-state index is 17.8. The zero-order valence-corrected chi connectivity index (χ0v) is 34.5. The molecule has 6 heterocycles. The van der Waals surface area contributed by atoms with E-state index in [0.717, 1.165) is 37.3 Å². The molecule has 4 aliphatic heterocycles. The molecule has 4 aromatic rings. The lowest BCUT2D eigenvalue weighted by atomic mass is 9.90. The smallest absolute Gasteiger partial charge is 0.412 e. The van der Waals surface area contributed by atoms with Crippen molar-refractivity contribution in [1.29, 1.82) is 5.26 Å². The van der Waals surface area contributed by atoms with Gasteiger partial charge >= 0.3 is 18.2 Å². The highest BCUT2D eigenvalue weighted by Gasteiger charge is 2.45. The number of fused-ring (bicyclic) bond motifs is 6. The molecule has 0 radical (unpaired) electrons. The first-order chi connectivity index (χ1) is 27.5. The van der Waals surface area contributed by atoms with E-state index in [1.165, 1.54) is 12.1 Å². The summed E-state index contributed by atoms with van der Waals surface area (Å²) in [6, 6.07) is 4.49. The van der Waals surface area contributed by atoms with Crippen molar-refractivity contribution < 1.29 is 42.1 Å². The molecule has 17 heteroatoms. The van der Waals surface area contributed by atoms with Gasteiger partial charge in [-0.15, -0.1) is 11.3 Å². The molecule has 0 aliphatic carbocycles. The van der Waals surface area contributed by atoms with Gasteiger partial charge in [0.2, 0.25) is 0 Å². The summed E-state index contributed by atoms with van der Waals surface area (Å²) >= 11 is 1.06. The van der Waals surface area contributed by atoms with Crippen LogP contribution in [0.2, 0.25) is 0 Å². The van der Waals surface area contributed by atoms with Crippen LogP contribution in [0.15, 0.2) is 12.1 Å². The van der Waals surface area contributed by atoms with Gasteiger partial charge in [0.15, 0.2) is 5.82 Å². The fourth-order valence-corrected chi connectivity index (χ4v) is 9.40. The van der Waals surface area contributed by atoms with E-state index >= 15 is 8.78 Å². The normalized spacial score (nSPS) is 19.7. The van der Waals surface area contributed by atoms with Crippen LogP contribution < -0.4 is 15.0 Å². The third-order valence-corrected chi connectivity index (χ3v) is 11.9. The average molecular weight is 820 g/mol. The Morgan fingerprint density at radius 2 is 1.66 bits per heavy atom. The van der Waals surface area contributed by atoms with E-state index in [2.05, 4.69) is 26.2 Å². The van der Waals surface area contributed by atoms with Crippen LogP contribution >= 0.6 is 11.3 Å². The number of carbonyl (C=O) groups excluding carboxylic acids is 2. The van der Waals surface area contributed by atoms with Crippen LogP contribution in [0.3, 0.4) is 0 Å². The highest BCUT2D eigenvalue weighted by Crippen LogP contribution is 2.49. The number of likely N-dealkylation sites (tertiary alicyclic amines) is 2. The monoisotopic (exact) mass is 819 g/mol. The van der Waals surface area contributed by atoms with Crippen LogP contribution in [0.4, 0.5) is 29.2 Å². The molecule has 2 unspecified atom stereocenters. The Morgan fingerprint density at radius 1 is 0.966 bits per heavy atom. The molecule has 2 bridgehead atoms. The number of rotatable bonds is 8. The lowest BCUT2D eigenvalue weighted by Crippen LogP contribution is -2.56. The van der Waals surface area contributed by atoms with Crippen molar-refractivity contribution in [1.82, 2.24) is 19.8 Å². The SMILES string of the molecule is COC1CN(CCOc2nc(N3C4CCC3CN(C(=O)OC(C)(C)C)C4)c3c4c(c(-c5c(F)ccc6sc(NC(=O)OC(C)(C)C)c(C#N)c56)c(F)c3n2)COC4)C1. The molecular weight excluding hydrogens is 773 g/mol. The molecule has 58 heavy (non-hydrogen) atoms. The Morgan fingerprint density at radius 3 is 2.31 bits per heavy atom. The lowest BCUT2D eigenvalue weighted by molar-refractivity contribution is -0.0336. The largest absolute Gasteiger partial charge is 0.462 e. The summed E-state index contributed by atoms with van der Waals surface area (Å²) in [5.41, 5.74) is -0.771. The van der Waals surface area contributed by atoms with Crippen LogP contribution in [0, 0.1) is 23.0 Å². The summed E-state index contributed by atoms with van der Waals surface area (Å²) in [5.74, 6) is -1.12. The van der Waals surface area contributed by atoms with E-state index in [1.54, 1.807) is 32.8 Å². The van der Waals surface area contributed by atoms with E-state index in [4.69, 9.17) is 28.7 Å². The molecule has 2 atom stereocenters. The zero-order chi connectivity index (χ0) is 41.3. The topological polar surface area (TPSA) is 152 Å². The highest BCUT2D eigenvalue weighted by molar-refractivity contribution is 7.23. The van der Waals surface area contributed by atoms with E-state index in [1.807, 2.05) is 20.8 Å². The molecule has 14 nitrogen and oxygen atoms in total. The number of methoxy groups -OCH3 is 1. The van der Waals surface area contributed by atoms with Gasteiger partial charge in [-0.3, -0.25) is 10.2 Å². The fourth-order valence-electron chi connectivity index (χ4n) is 8.35. The van der Waals surface area contributed by atoms with Gasteiger partial charge in [0, 0.05) is 73.1 Å². The second-order valence-electron chi connectivity index (χ2n) is 17.2. The molecule has 2 aromatic heterocycles. The first-order valence-corrected chi connectivity index (χ1v) is 20.3. The van der Waals surface area contributed by atoms with Crippen LogP contribution in [0.25, 0.3) is 32.1 Å². The number of nitrogens with one attached hydrogen (secondary N) is 1. The summed E-state index contributed by atoms with van der Waals surface area (Å²) in [6.45, 7) is 13.8. The van der Waals surface area contributed by atoms with Crippen molar-refractivity contribution in [3.63, 3.8) is 0 Å². The molecule has 3 saturated heterocycles. The number of amides is 2. The van der Waals surface area contributed by atoms with E-state index in [0.29, 0.717) is 46.7 Å². The fraction of sp³-hybridized carbons (Fsp3) is 0.537. The predicted octanol–water partition coefficient (Wildman–Crippen LogP) is 7.34. The number of carbonyl (C=O) groups is 2. The maximum Gasteiger partial charge on any atom is 0.412 e. The Hall–Kier alpha value is -4.89. The Labute approximate surface area is 338 Å². The minimum atomic E-state index is -0.818. The van der Waals surface area contributed by atoms with Crippen LogP contribution in [-0.4, -0.2) is 108 Å². The maximum atomic E-state index is 17.8. The second-order valence-corrected chi connectivity index (χ2v) is 18.2. The predicted molar refractivity (Wildman–Crippen MR) is 213 cm³/mol. The van der Waals surface area contributed by atoms with Gasteiger partial charge in [-0.25, -0.2) is 18.4 Å². The van der Waals surface area contributed by atoms with Gasteiger partial charge in [-0.2, -0.15) is 15.2 Å². The Bertz CT molecular complexity index is 2330. The molecule has 2 amide bonds. The van der Waals surface area contributed by atoms with E-state index in [9.17, 15) is 14.9 Å². The number of piperazine rings is 1. The number of hydrogen-bond donors (Lipinski definition) is 1. The molecule has 3 fully saturated rings. The number of nitrogens with zero attached hydrogens (tertiary/aromatic N) is 6. The number of hydrogen-bond acceptors (Lipinski definition) is 13. The highest BCUT2D eigenvalue weighted by atomic mass is 32.1. The minimum absolute atomic E-state index is 0.0268. The van der Waals surface area contributed by atoms with Gasteiger partial charge in [0.1, 0.15) is 46.0 Å². The molecule has 8 rings (SSSR count). The zero-order valence-electron chi connectivity index (χ0n) is 33.7. The Balaban J connectivity index is 1.26. The van der Waals surface area contributed by atoms with Crippen molar-refractivity contribution >= 4 is 55.3 Å². The van der Waals surface area contributed by atoms with Crippen molar-refractivity contribution in [3.8, 4) is 23.2 Å². The van der Waals surface area contributed by atoms with Crippen molar-refractivity contribution in [2.24, 2.45) is 0 Å². The first kappa shape index (κ1) is 39.9.